The maximum absolute atomic E-state index is 12.4. The molecule has 0 aromatic heterocycles. The van der Waals surface area contributed by atoms with Crippen molar-refractivity contribution in [2.75, 3.05) is 20.1 Å². The molecule has 1 fully saturated rings. The molecule has 0 aliphatic heterocycles. The first kappa shape index (κ1) is 15.0. The van der Waals surface area contributed by atoms with Crippen LogP contribution >= 0.6 is 0 Å². The predicted molar refractivity (Wildman–Crippen MR) is 70.8 cm³/mol. The van der Waals surface area contributed by atoms with Gasteiger partial charge in [-0.05, 0) is 25.7 Å². The van der Waals surface area contributed by atoms with Crippen molar-refractivity contribution in [3.8, 4) is 0 Å². The number of rotatable bonds is 4. The van der Waals surface area contributed by atoms with E-state index in [0.717, 1.165) is 19.3 Å². The van der Waals surface area contributed by atoms with Crippen molar-refractivity contribution in [2.24, 2.45) is 17.6 Å². The standard InChI is InChI=1S/C13H25N3O2/c1-4-16(8-12(17)15-3)13(18)10-6-5-7-11(14)9(10)2/h9-11H,4-8,14H2,1-3H3,(H,15,17). The summed E-state index contributed by atoms with van der Waals surface area (Å²) in [6.07, 6.45) is 2.88. The molecule has 5 heteroatoms. The minimum atomic E-state index is -0.127. The molecular weight excluding hydrogens is 230 g/mol. The maximum atomic E-state index is 12.4. The minimum absolute atomic E-state index is 0.0293. The molecule has 0 bridgehead atoms. The van der Waals surface area contributed by atoms with Crippen molar-refractivity contribution in [2.45, 2.75) is 39.2 Å². The summed E-state index contributed by atoms with van der Waals surface area (Å²) in [5.74, 6) is 0.116. The highest BCUT2D eigenvalue weighted by atomic mass is 16.2. The number of nitrogens with two attached hydrogens (primary N) is 1. The Hall–Kier alpha value is -1.10. The van der Waals surface area contributed by atoms with E-state index in [1.807, 2.05) is 13.8 Å². The SMILES string of the molecule is CCN(CC(=O)NC)C(=O)C1CCCC(N)C1C. The number of hydrogen-bond donors (Lipinski definition) is 2. The van der Waals surface area contributed by atoms with Gasteiger partial charge in [0, 0.05) is 25.6 Å². The second-order valence-electron chi connectivity index (χ2n) is 5.09. The molecule has 5 nitrogen and oxygen atoms in total. The summed E-state index contributed by atoms with van der Waals surface area (Å²) in [5.41, 5.74) is 6.03. The smallest absolute Gasteiger partial charge is 0.239 e. The van der Waals surface area contributed by atoms with Gasteiger partial charge in [0.15, 0.2) is 0 Å². The van der Waals surface area contributed by atoms with Crippen molar-refractivity contribution in [3.63, 3.8) is 0 Å². The van der Waals surface area contributed by atoms with Crippen LogP contribution in [0.25, 0.3) is 0 Å². The fourth-order valence-corrected chi connectivity index (χ4v) is 2.58. The second-order valence-corrected chi connectivity index (χ2v) is 5.09. The third-order valence-corrected chi connectivity index (χ3v) is 3.99. The highest BCUT2D eigenvalue weighted by Crippen LogP contribution is 2.30. The number of carbonyl (C=O) groups is 2. The Labute approximate surface area is 109 Å². The van der Waals surface area contributed by atoms with Gasteiger partial charge in [0.2, 0.25) is 11.8 Å². The van der Waals surface area contributed by atoms with Crippen molar-refractivity contribution < 1.29 is 9.59 Å². The van der Waals surface area contributed by atoms with Gasteiger partial charge in [-0.3, -0.25) is 9.59 Å². The molecule has 2 amide bonds. The average Bonchev–Trinajstić information content (AvgIpc) is 2.38. The van der Waals surface area contributed by atoms with Gasteiger partial charge in [-0.2, -0.15) is 0 Å². The molecule has 1 rings (SSSR count). The summed E-state index contributed by atoms with van der Waals surface area (Å²) in [6, 6.07) is 0.103. The van der Waals surface area contributed by atoms with Crippen LogP contribution in [0.5, 0.6) is 0 Å². The molecular formula is C13H25N3O2. The van der Waals surface area contributed by atoms with Crippen molar-refractivity contribution in [1.29, 1.82) is 0 Å². The van der Waals surface area contributed by atoms with Crippen LogP contribution < -0.4 is 11.1 Å². The van der Waals surface area contributed by atoms with Crippen LogP contribution in [0.2, 0.25) is 0 Å². The fourth-order valence-electron chi connectivity index (χ4n) is 2.58. The Morgan fingerprint density at radius 3 is 2.61 bits per heavy atom. The Kier molecular flexibility index (Phi) is 5.59. The first-order valence-corrected chi connectivity index (χ1v) is 6.76. The molecule has 0 radical (unpaired) electrons. The Morgan fingerprint density at radius 1 is 1.39 bits per heavy atom. The normalized spacial score (nSPS) is 27.7. The van der Waals surface area contributed by atoms with Gasteiger partial charge >= 0.3 is 0 Å². The lowest BCUT2D eigenvalue weighted by atomic mass is 9.76. The summed E-state index contributed by atoms with van der Waals surface area (Å²) in [5, 5.41) is 2.55. The van der Waals surface area contributed by atoms with E-state index in [-0.39, 0.29) is 36.2 Å². The molecule has 1 aliphatic carbocycles. The topological polar surface area (TPSA) is 75.4 Å². The highest BCUT2D eigenvalue weighted by molar-refractivity contribution is 5.86. The van der Waals surface area contributed by atoms with Crippen LogP contribution in [0.3, 0.4) is 0 Å². The molecule has 18 heavy (non-hydrogen) atoms. The van der Waals surface area contributed by atoms with Crippen LogP contribution in [-0.4, -0.2) is 42.9 Å². The third kappa shape index (κ3) is 3.45. The zero-order valence-corrected chi connectivity index (χ0v) is 11.6. The maximum Gasteiger partial charge on any atom is 0.239 e. The van der Waals surface area contributed by atoms with Gasteiger partial charge in [0.05, 0.1) is 6.54 Å². The van der Waals surface area contributed by atoms with Gasteiger partial charge < -0.3 is 16.0 Å². The summed E-state index contributed by atoms with van der Waals surface area (Å²) >= 11 is 0. The van der Waals surface area contributed by atoms with Gasteiger partial charge in [-0.25, -0.2) is 0 Å². The monoisotopic (exact) mass is 255 g/mol. The van der Waals surface area contributed by atoms with Crippen LogP contribution in [0, 0.1) is 11.8 Å². The molecule has 0 heterocycles. The number of carbonyl (C=O) groups excluding carboxylic acids is 2. The predicted octanol–water partition coefficient (Wildman–Crippen LogP) is 0.344. The summed E-state index contributed by atoms with van der Waals surface area (Å²) in [6.45, 7) is 4.64. The van der Waals surface area contributed by atoms with Gasteiger partial charge in [-0.1, -0.05) is 13.3 Å². The Morgan fingerprint density at radius 2 is 2.06 bits per heavy atom. The minimum Gasteiger partial charge on any atom is -0.358 e. The van der Waals surface area contributed by atoms with Gasteiger partial charge in [0.1, 0.15) is 0 Å². The number of amides is 2. The lowest BCUT2D eigenvalue weighted by Gasteiger charge is -2.35. The van der Waals surface area contributed by atoms with Crippen LogP contribution in [0.1, 0.15) is 33.1 Å². The number of nitrogens with one attached hydrogen (secondary N) is 1. The zero-order valence-electron chi connectivity index (χ0n) is 11.6. The molecule has 1 aliphatic rings. The number of nitrogens with zero attached hydrogens (tertiary/aromatic N) is 1. The molecule has 0 aromatic rings. The van der Waals surface area contributed by atoms with Crippen LogP contribution in [0.15, 0.2) is 0 Å². The van der Waals surface area contributed by atoms with Crippen LogP contribution in [-0.2, 0) is 9.59 Å². The van der Waals surface area contributed by atoms with Gasteiger partial charge in [-0.15, -0.1) is 0 Å². The molecule has 104 valence electrons. The van der Waals surface area contributed by atoms with E-state index in [4.69, 9.17) is 5.73 Å². The van der Waals surface area contributed by atoms with Crippen molar-refractivity contribution in [1.82, 2.24) is 10.2 Å². The quantitative estimate of drug-likeness (QED) is 0.761. The Bertz CT molecular complexity index is 307. The molecule has 3 unspecified atom stereocenters. The van der Waals surface area contributed by atoms with E-state index >= 15 is 0 Å². The van der Waals surface area contributed by atoms with E-state index in [2.05, 4.69) is 5.32 Å². The second kappa shape index (κ2) is 6.73. The highest BCUT2D eigenvalue weighted by Gasteiger charge is 2.34. The summed E-state index contributed by atoms with van der Waals surface area (Å²) < 4.78 is 0. The Balaban J connectivity index is 2.67. The van der Waals surface area contributed by atoms with E-state index in [1.54, 1.807) is 11.9 Å². The zero-order chi connectivity index (χ0) is 13.7. The van der Waals surface area contributed by atoms with E-state index in [0.29, 0.717) is 6.54 Å². The number of likely N-dealkylation sites (N-methyl/N-ethyl adjacent to an activating group) is 2. The molecule has 0 spiro atoms. The molecule has 0 saturated heterocycles. The largest absolute Gasteiger partial charge is 0.358 e. The lowest BCUT2D eigenvalue weighted by molar-refractivity contribution is -0.141. The number of hydrogen-bond acceptors (Lipinski definition) is 3. The van der Waals surface area contributed by atoms with Crippen molar-refractivity contribution >= 4 is 11.8 Å². The van der Waals surface area contributed by atoms with Crippen molar-refractivity contribution in [3.05, 3.63) is 0 Å². The van der Waals surface area contributed by atoms with E-state index in [9.17, 15) is 9.59 Å². The lowest BCUT2D eigenvalue weighted by Crippen LogP contribution is -2.48. The van der Waals surface area contributed by atoms with E-state index in [1.165, 1.54) is 0 Å². The molecule has 1 saturated carbocycles. The van der Waals surface area contributed by atoms with E-state index < -0.39 is 0 Å². The summed E-state index contributed by atoms with van der Waals surface area (Å²) in [4.78, 5) is 25.4. The van der Waals surface area contributed by atoms with Gasteiger partial charge in [0.25, 0.3) is 0 Å². The molecule has 0 aromatic carbocycles. The first-order valence-electron chi connectivity index (χ1n) is 6.76. The first-order chi connectivity index (χ1) is 8.51. The average molecular weight is 255 g/mol. The summed E-state index contributed by atoms with van der Waals surface area (Å²) in [7, 11) is 1.58. The molecule has 3 atom stereocenters. The molecule has 3 N–H and O–H groups in total. The third-order valence-electron chi connectivity index (χ3n) is 3.99. The van der Waals surface area contributed by atoms with Crippen LogP contribution in [0.4, 0.5) is 0 Å². The fraction of sp³-hybridized carbons (Fsp3) is 0.846.